The predicted octanol–water partition coefficient (Wildman–Crippen LogP) is 2.54. The molecule has 0 amide bonds. The van der Waals surface area contributed by atoms with Crippen molar-refractivity contribution in [3.63, 3.8) is 0 Å². The molecule has 0 aromatic heterocycles. The minimum absolute atomic E-state index is 0.571. The molecule has 2 N–H and O–H groups in total. The smallest absolute Gasteiger partial charge is 0.191 e. The van der Waals surface area contributed by atoms with Crippen molar-refractivity contribution < 1.29 is 0 Å². The molecule has 2 aliphatic rings. The second-order valence-electron chi connectivity index (χ2n) is 8.16. The van der Waals surface area contributed by atoms with Crippen LogP contribution in [0.5, 0.6) is 0 Å². The van der Waals surface area contributed by atoms with E-state index in [1.165, 1.54) is 64.8 Å². The number of aliphatic imine (C=N–C) groups is 1. The van der Waals surface area contributed by atoms with Gasteiger partial charge in [0.2, 0.25) is 0 Å². The van der Waals surface area contributed by atoms with E-state index in [1.54, 1.807) is 0 Å². The molecule has 0 aliphatic carbocycles. The number of nitrogens with zero attached hydrogens (tertiary/aromatic N) is 3. The molecule has 2 rings (SSSR count). The third-order valence-electron chi connectivity index (χ3n) is 5.37. The Kier molecular flexibility index (Phi) is 9.04. The van der Waals surface area contributed by atoms with E-state index >= 15 is 0 Å². The molecule has 0 bridgehead atoms. The average Bonchev–Trinajstić information content (AvgIpc) is 3.01. The molecule has 2 fully saturated rings. The zero-order valence-corrected chi connectivity index (χ0v) is 17.1. The molecule has 2 aliphatic heterocycles. The van der Waals surface area contributed by atoms with Gasteiger partial charge in [0.15, 0.2) is 5.96 Å². The molecule has 0 saturated carbocycles. The zero-order valence-electron chi connectivity index (χ0n) is 17.1. The monoisotopic (exact) mass is 351 g/mol. The predicted molar refractivity (Wildman–Crippen MR) is 108 cm³/mol. The van der Waals surface area contributed by atoms with E-state index < -0.39 is 0 Å². The van der Waals surface area contributed by atoms with Crippen LogP contribution in [0.2, 0.25) is 0 Å². The first-order valence-electron chi connectivity index (χ1n) is 10.6. The summed E-state index contributed by atoms with van der Waals surface area (Å²) in [7, 11) is 0. The van der Waals surface area contributed by atoms with Gasteiger partial charge in [0.1, 0.15) is 0 Å². The van der Waals surface area contributed by atoms with Crippen LogP contribution in [0.4, 0.5) is 0 Å². The molecule has 146 valence electrons. The first kappa shape index (κ1) is 20.5. The third kappa shape index (κ3) is 7.14. The van der Waals surface area contributed by atoms with Crippen molar-refractivity contribution in [2.45, 2.75) is 71.9 Å². The highest BCUT2D eigenvalue weighted by Crippen LogP contribution is 2.19. The van der Waals surface area contributed by atoms with Crippen molar-refractivity contribution in [3.05, 3.63) is 0 Å². The van der Waals surface area contributed by atoms with Gasteiger partial charge < -0.3 is 15.5 Å². The van der Waals surface area contributed by atoms with Gasteiger partial charge in [-0.15, -0.1) is 0 Å². The van der Waals surface area contributed by atoms with Crippen LogP contribution in [0, 0.1) is 5.92 Å². The Morgan fingerprint density at radius 3 is 2.52 bits per heavy atom. The van der Waals surface area contributed by atoms with Gasteiger partial charge in [-0.05, 0) is 58.0 Å². The van der Waals surface area contributed by atoms with Crippen molar-refractivity contribution in [1.29, 1.82) is 0 Å². The molecule has 1 atom stereocenters. The highest BCUT2D eigenvalue weighted by atomic mass is 15.2. The molecule has 5 heteroatoms. The normalized spacial score (nSPS) is 24.2. The first-order chi connectivity index (χ1) is 12.1. The van der Waals surface area contributed by atoms with Crippen LogP contribution in [0.25, 0.3) is 0 Å². The van der Waals surface area contributed by atoms with Crippen molar-refractivity contribution in [3.8, 4) is 0 Å². The fourth-order valence-corrected chi connectivity index (χ4v) is 4.14. The van der Waals surface area contributed by atoms with Crippen LogP contribution in [0.15, 0.2) is 4.99 Å². The van der Waals surface area contributed by atoms with E-state index in [1.807, 2.05) is 0 Å². The zero-order chi connectivity index (χ0) is 18.1. The minimum Gasteiger partial charge on any atom is -0.357 e. The van der Waals surface area contributed by atoms with Crippen LogP contribution in [0.3, 0.4) is 0 Å². The van der Waals surface area contributed by atoms with Crippen molar-refractivity contribution >= 4 is 5.96 Å². The number of guanidine groups is 1. The molecule has 0 aromatic rings. The lowest BCUT2D eigenvalue weighted by molar-refractivity contribution is 0.206. The lowest BCUT2D eigenvalue weighted by Crippen LogP contribution is -2.49. The van der Waals surface area contributed by atoms with Crippen molar-refractivity contribution in [1.82, 2.24) is 20.4 Å². The Bertz CT molecular complexity index is 388. The number of piperidine rings is 1. The lowest BCUT2D eigenvalue weighted by Gasteiger charge is -2.33. The topological polar surface area (TPSA) is 42.9 Å². The van der Waals surface area contributed by atoms with Crippen LogP contribution in [-0.2, 0) is 0 Å². The molecule has 0 aromatic carbocycles. The fraction of sp³-hybridized carbons (Fsp3) is 0.950. The summed E-state index contributed by atoms with van der Waals surface area (Å²) in [5.41, 5.74) is 0. The summed E-state index contributed by atoms with van der Waals surface area (Å²) >= 11 is 0. The number of nitrogens with one attached hydrogen (secondary N) is 2. The van der Waals surface area contributed by atoms with E-state index in [0.29, 0.717) is 12.1 Å². The highest BCUT2D eigenvalue weighted by molar-refractivity contribution is 5.80. The van der Waals surface area contributed by atoms with Crippen LogP contribution >= 0.6 is 0 Å². The van der Waals surface area contributed by atoms with Crippen LogP contribution in [-0.4, -0.2) is 73.7 Å². The van der Waals surface area contributed by atoms with Gasteiger partial charge in [-0.3, -0.25) is 9.89 Å². The summed E-state index contributed by atoms with van der Waals surface area (Å²) in [4.78, 5) is 10.2. The Hall–Kier alpha value is -0.810. The standard InChI is InChI=1S/C20H41N5/c1-5-11-24-13-9-18(10-14-24)23-20(21-6-2)22-15-19-8-7-12-25(19)16-17(3)4/h17-19H,5-16H2,1-4H3,(H2,21,22,23)/t19-/m1/s1. The Morgan fingerprint density at radius 2 is 1.88 bits per heavy atom. The van der Waals surface area contributed by atoms with Gasteiger partial charge in [-0.25, -0.2) is 0 Å². The van der Waals surface area contributed by atoms with Gasteiger partial charge in [0, 0.05) is 38.3 Å². The first-order valence-corrected chi connectivity index (χ1v) is 10.6. The quantitative estimate of drug-likeness (QED) is 0.521. The molecule has 2 saturated heterocycles. The summed E-state index contributed by atoms with van der Waals surface area (Å²) in [6.45, 7) is 17.0. The molecule has 2 heterocycles. The Balaban J connectivity index is 1.82. The fourth-order valence-electron chi connectivity index (χ4n) is 4.14. The maximum atomic E-state index is 4.94. The van der Waals surface area contributed by atoms with Crippen molar-refractivity contribution in [2.24, 2.45) is 10.9 Å². The number of likely N-dealkylation sites (tertiary alicyclic amines) is 2. The maximum Gasteiger partial charge on any atom is 0.191 e. The van der Waals surface area contributed by atoms with Gasteiger partial charge in [0.05, 0.1) is 6.54 Å². The SMILES string of the molecule is CCCN1CCC(NC(=NC[C@H]2CCCN2CC(C)C)NCC)CC1. The van der Waals surface area contributed by atoms with Gasteiger partial charge in [-0.1, -0.05) is 20.8 Å². The number of hydrogen-bond donors (Lipinski definition) is 2. The van der Waals surface area contributed by atoms with Gasteiger partial charge >= 0.3 is 0 Å². The minimum atomic E-state index is 0.571. The van der Waals surface area contributed by atoms with Crippen LogP contribution in [0.1, 0.15) is 59.8 Å². The summed E-state index contributed by atoms with van der Waals surface area (Å²) in [5.74, 6) is 1.76. The summed E-state index contributed by atoms with van der Waals surface area (Å²) in [6.07, 6.45) is 6.34. The van der Waals surface area contributed by atoms with Gasteiger partial charge in [-0.2, -0.15) is 0 Å². The van der Waals surface area contributed by atoms with E-state index in [-0.39, 0.29) is 0 Å². The van der Waals surface area contributed by atoms with E-state index in [0.717, 1.165) is 25.0 Å². The van der Waals surface area contributed by atoms with Gasteiger partial charge in [0.25, 0.3) is 0 Å². The van der Waals surface area contributed by atoms with E-state index in [2.05, 4.69) is 48.1 Å². The number of rotatable bonds is 8. The highest BCUT2D eigenvalue weighted by Gasteiger charge is 2.25. The van der Waals surface area contributed by atoms with Crippen molar-refractivity contribution in [2.75, 3.05) is 45.8 Å². The summed E-state index contributed by atoms with van der Waals surface area (Å²) in [5, 5.41) is 7.15. The summed E-state index contributed by atoms with van der Waals surface area (Å²) in [6, 6.07) is 1.20. The summed E-state index contributed by atoms with van der Waals surface area (Å²) < 4.78 is 0. The molecule has 0 radical (unpaired) electrons. The molecule has 5 nitrogen and oxygen atoms in total. The third-order valence-corrected chi connectivity index (χ3v) is 5.37. The average molecular weight is 352 g/mol. The molecular formula is C20H41N5. The second kappa shape index (κ2) is 11.0. The maximum absolute atomic E-state index is 4.94. The van der Waals surface area contributed by atoms with E-state index in [9.17, 15) is 0 Å². The number of hydrogen-bond acceptors (Lipinski definition) is 3. The van der Waals surface area contributed by atoms with Crippen LogP contribution < -0.4 is 10.6 Å². The molecule has 0 spiro atoms. The lowest BCUT2D eigenvalue weighted by atomic mass is 10.1. The largest absolute Gasteiger partial charge is 0.357 e. The Labute approximate surface area is 155 Å². The molecule has 25 heavy (non-hydrogen) atoms. The second-order valence-corrected chi connectivity index (χ2v) is 8.16. The Morgan fingerprint density at radius 1 is 1.12 bits per heavy atom. The molecular weight excluding hydrogens is 310 g/mol. The molecule has 0 unspecified atom stereocenters. The van der Waals surface area contributed by atoms with E-state index in [4.69, 9.17) is 4.99 Å².